The number of hydrogen-bond donors (Lipinski definition) is 2. The maximum absolute atomic E-state index is 11.6. The summed E-state index contributed by atoms with van der Waals surface area (Å²) in [5.41, 5.74) is 0. The molecule has 1 rings (SSSR count). The second-order valence-corrected chi connectivity index (χ2v) is 6.01. The van der Waals surface area contributed by atoms with Crippen LogP contribution in [-0.4, -0.2) is 11.2 Å². The van der Waals surface area contributed by atoms with Crippen molar-refractivity contribution >= 4 is 45.8 Å². The van der Waals surface area contributed by atoms with Crippen molar-refractivity contribution in [2.24, 2.45) is 5.92 Å². The Morgan fingerprint density at radius 1 is 1.67 bits per heavy atom. The van der Waals surface area contributed by atoms with Crippen LogP contribution < -0.4 is 5.32 Å². The first-order valence-electron chi connectivity index (χ1n) is 4.70. The Kier molecular flexibility index (Phi) is 5.15. The standard InChI is InChI=1S/C10H14BrNOS2/c1-6(2)9(14)10(13)12-5-8-7(11)3-4-15-8/h3-4,6,9,14H,5H2,1-2H3,(H,12,13). The zero-order valence-electron chi connectivity index (χ0n) is 8.66. The van der Waals surface area contributed by atoms with Gasteiger partial charge < -0.3 is 5.32 Å². The highest BCUT2D eigenvalue weighted by Gasteiger charge is 2.17. The third kappa shape index (κ3) is 3.81. The van der Waals surface area contributed by atoms with E-state index >= 15 is 0 Å². The van der Waals surface area contributed by atoms with Gasteiger partial charge in [-0.1, -0.05) is 13.8 Å². The number of carbonyl (C=O) groups is 1. The molecule has 5 heteroatoms. The van der Waals surface area contributed by atoms with Crippen molar-refractivity contribution in [3.05, 3.63) is 20.8 Å². The molecule has 0 saturated heterocycles. The van der Waals surface area contributed by atoms with Gasteiger partial charge in [0.1, 0.15) is 0 Å². The highest BCUT2D eigenvalue weighted by Crippen LogP contribution is 2.22. The highest BCUT2D eigenvalue weighted by molar-refractivity contribution is 9.10. The molecule has 0 aliphatic carbocycles. The molecule has 0 aromatic carbocycles. The lowest BCUT2D eigenvalue weighted by atomic mass is 10.1. The Balaban J connectivity index is 2.44. The lowest BCUT2D eigenvalue weighted by molar-refractivity contribution is -0.121. The van der Waals surface area contributed by atoms with E-state index in [1.165, 1.54) is 0 Å². The molecule has 1 aromatic heterocycles. The molecule has 0 saturated carbocycles. The predicted molar refractivity (Wildman–Crippen MR) is 71.5 cm³/mol. The molecule has 0 bridgehead atoms. The number of rotatable bonds is 4. The van der Waals surface area contributed by atoms with E-state index in [-0.39, 0.29) is 17.1 Å². The molecule has 1 unspecified atom stereocenters. The summed E-state index contributed by atoms with van der Waals surface area (Å²) in [6, 6.07) is 1.98. The molecule has 84 valence electrons. The first-order chi connectivity index (χ1) is 7.02. The number of halogens is 1. The summed E-state index contributed by atoms with van der Waals surface area (Å²) in [4.78, 5) is 12.7. The van der Waals surface area contributed by atoms with Crippen molar-refractivity contribution in [2.75, 3.05) is 0 Å². The van der Waals surface area contributed by atoms with Crippen LogP contribution >= 0.6 is 39.9 Å². The zero-order valence-corrected chi connectivity index (χ0v) is 12.0. The van der Waals surface area contributed by atoms with Crippen LogP contribution in [0.1, 0.15) is 18.7 Å². The maximum atomic E-state index is 11.6. The van der Waals surface area contributed by atoms with Crippen LogP contribution in [0.2, 0.25) is 0 Å². The number of thiophene rings is 1. The van der Waals surface area contributed by atoms with Crippen LogP contribution in [0.4, 0.5) is 0 Å². The minimum absolute atomic E-state index is 0.00590. The third-order valence-electron chi connectivity index (χ3n) is 2.01. The van der Waals surface area contributed by atoms with Crippen LogP contribution in [0, 0.1) is 5.92 Å². The molecule has 0 fully saturated rings. The fourth-order valence-electron chi connectivity index (χ4n) is 1.03. The van der Waals surface area contributed by atoms with Crippen LogP contribution in [-0.2, 0) is 11.3 Å². The number of carbonyl (C=O) groups excluding carboxylic acids is 1. The van der Waals surface area contributed by atoms with Crippen LogP contribution in [0.3, 0.4) is 0 Å². The minimum atomic E-state index is -0.233. The molecule has 0 spiro atoms. The lowest BCUT2D eigenvalue weighted by Gasteiger charge is -2.14. The summed E-state index contributed by atoms with van der Waals surface area (Å²) in [7, 11) is 0. The summed E-state index contributed by atoms with van der Waals surface area (Å²) in [6.07, 6.45) is 0. The second kappa shape index (κ2) is 5.92. The van der Waals surface area contributed by atoms with Crippen molar-refractivity contribution in [3.8, 4) is 0 Å². The molecule has 1 amide bonds. The molecule has 1 atom stereocenters. The van der Waals surface area contributed by atoms with Crippen LogP contribution in [0.25, 0.3) is 0 Å². The van der Waals surface area contributed by atoms with Gasteiger partial charge in [0.25, 0.3) is 0 Å². The number of hydrogen-bond acceptors (Lipinski definition) is 3. The van der Waals surface area contributed by atoms with Crippen molar-refractivity contribution < 1.29 is 4.79 Å². The van der Waals surface area contributed by atoms with E-state index in [1.54, 1.807) is 11.3 Å². The average molecular weight is 308 g/mol. The first kappa shape index (κ1) is 13.1. The number of amides is 1. The van der Waals surface area contributed by atoms with E-state index in [4.69, 9.17) is 0 Å². The molecule has 1 aromatic rings. The molecule has 15 heavy (non-hydrogen) atoms. The lowest BCUT2D eigenvalue weighted by Crippen LogP contribution is -2.33. The summed E-state index contributed by atoms with van der Waals surface area (Å²) >= 11 is 9.30. The summed E-state index contributed by atoms with van der Waals surface area (Å²) < 4.78 is 1.05. The van der Waals surface area contributed by atoms with Crippen molar-refractivity contribution in [1.29, 1.82) is 0 Å². The maximum Gasteiger partial charge on any atom is 0.233 e. The van der Waals surface area contributed by atoms with E-state index in [1.807, 2.05) is 25.3 Å². The van der Waals surface area contributed by atoms with Crippen molar-refractivity contribution in [1.82, 2.24) is 5.32 Å². The van der Waals surface area contributed by atoms with E-state index in [9.17, 15) is 4.79 Å². The van der Waals surface area contributed by atoms with Gasteiger partial charge in [0.05, 0.1) is 11.8 Å². The van der Waals surface area contributed by atoms with Gasteiger partial charge in [-0.2, -0.15) is 12.6 Å². The SMILES string of the molecule is CC(C)C(S)C(=O)NCc1sccc1Br. The molecular weight excluding hydrogens is 294 g/mol. The predicted octanol–water partition coefficient (Wildman–Crippen LogP) is 3.08. The Morgan fingerprint density at radius 3 is 2.80 bits per heavy atom. The van der Waals surface area contributed by atoms with Gasteiger partial charge >= 0.3 is 0 Å². The summed E-state index contributed by atoms with van der Waals surface area (Å²) in [5, 5.41) is 4.63. The van der Waals surface area contributed by atoms with E-state index in [2.05, 4.69) is 33.9 Å². The average Bonchev–Trinajstić information content (AvgIpc) is 2.59. The van der Waals surface area contributed by atoms with E-state index < -0.39 is 0 Å². The Bertz CT molecular complexity index is 338. The normalized spacial score (nSPS) is 12.9. The topological polar surface area (TPSA) is 29.1 Å². The van der Waals surface area contributed by atoms with Gasteiger partial charge in [0.2, 0.25) is 5.91 Å². The fraction of sp³-hybridized carbons (Fsp3) is 0.500. The van der Waals surface area contributed by atoms with Gasteiger partial charge in [0, 0.05) is 9.35 Å². The molecular formula is C10H14BrNOS2. The zero-order chi connectivity index (χ0) is 11.4. The molecule has 0 aliphatic rings. The van der Waals surface area contributed by atoms with Gasteiger partial charge in [-0.3, -0.25) is 4.79 Å². The van der Waals surface area contributed by atoms with Crippen molar-refractivity contribution in [3.63, 3.8) is 0 Å². The summed E-state index contributed by atoms with van der Waals surface area (Å²) in [6.45, 7) is 4.54. The smallest absolute Gasteiger partial charge is 0.233 e. The van der Waals surface area contributed by atoms with E-state index in [0.717, 1.165) is 9.35 Å². The van der Waals surface area contributed by atoms with Gasteiger partial charge in [-0.15, -0.1) is 11.3 Å². The van der Waals surface area contributed by atoms with Gasteiger partial charge in [-0.05, 0) is 33.3 Å². The Hall–Kier alpha value is -0.000000000000000111. The molecule has 0 radical (unpaired) electrons. The Morgan fingerprint density at radius 2 is 2.33 bits per heavy atom. The monoisotopic (exact) mass is 307 g/mol. The quantitative estimate of drug-likeness (QED) is 0.822. The molecule has 1 heterocycles. The second-order valence-electron chi connectivity index (χ2n) is 3.60. The fourth-order valence-corrected chi connectivity index (χ4v) is 2.55. The largest absolute Gasteiger partial charge is 0.350 e. The first-order valence-corrected chi connectivity index (χ1v) is 6.89. The molecule has 2 nitrogen and oxygen atoms in total. The minimum Gasteiger partial charge on any atom is -0.350 e. The van der Waals surface area contributed by atoms with Gasteiger partial charge in [0.15, 0.2) is 0 Å². The van der Waals surface area contributed by atoms with E-state index in [0.29, 0.717) is 6.54 Å². The van der Waals surface area contributed by atoms with Crippen LogP contribution in [0.15, 0.2) is 15.9 Å². The Labute approximate surface area is 108 Å². The molecule has 0 aliphatic heterocycles. The highest BCUT2D eigenvalue weighted by atomic mass is 79.9. The van der Waals surface area contributed by atoms with Crippen LogP contribution in [0.5, 0.6) is 0 Å². The third-order valence-corrected chi connectivity index (χ3v) is 4.77. The number of nitrogens with one attached hydrogen (secondary N) is 1. The number of thiol groups is 1. The van der Waals surface area contributed by atoms with Gasteiger partial charge in [-0.25, -0.2) is 0 Å². The molecule has 1 N–H and O–H groups in total. The summed E-state index contributed by atoms with van der Waals surface area (Å²) in [5.74, 6) is 0.244. The van der Waals surface area contributed by atoms with Crippen molar-refractivity contribution in [2.45, 2.75) is 25.6 Å².